The van der Waals surface area contributed by atoms with Crippen LogP contribution in [0.4, 0.5) is 0 Å². The standard InChI is InChI=1S/C18H18N2S2/c1-9-11(3)17(21-13(9)5)15(8-19)16(20-7)18-12(4)10(2)14(6)22-18/h1-6H3/b16-15+. The lowest BCUT2D eigenvalue weighted by molar-refractivity contribution is 1.34. The molecule has 2 heterocycles. The van der Waals surface area contributed by atoms with Crippen LogP contribution in [0.15, 0.2) is 0 Å². The van der Waals surface area contributed by atoms with E-state index in [-0.39, 0.29) is 0 Å². The summed E-state index contributed by atoms with van der Waals surface area (Å²) in [6.45, 7) is 20.0. The number of allylic oxidation sites excluding steroid dienone is 1. The van der Waals surface area contributed by atoms with Crippen molar-refractivity contribution in [2.45, 2.75) is 41.5 Å². The van der Waals surface area contributed by atoms with Crippen LogP contribution in [0.2, 0.25) is 0 Å². The lowest BCUT2D eigenvalue weighted by atomic mass is 10.0. The van der Waals surface area contributed by atoms with Gasteiger partial charge < -0.3 is 0 Å². The average molecular weight is 326 g/mol. The largest absolute Gasteiger partial charge is 0.235 e. The van der Waals surface area contributed by atoms with Gasteiger partial charge in [0.25, 0.3) is 0 Å². The SMILES string of the molecule is [C-]#[N+]/C(=C(\C#N)c1sc(C)c(C)c1C)c1sc(C)c(C)c1C. The molecule has 0 spiro atoms. The first-order valence-corrected chi connectivity index (χ1v) is 8.62. The number of thiophene rings is 2. The van der Waals surface area contributed by atoms with Gasteiger partial charge in [0.05, 0.1) is 18.2 Å². The van der Waals surface area contributed by atoms with Crippen molar-refractivity contribution >= 4 is 33.9 Å². The molecule has 0 bridgehead atoms. The Labute approximate surface area is 140 Å². The van der Waals surface area contributed by atoms with Gasteiger partial charge in [-0.15, -0.1) is 11.3 Å². The first-order chi connectivity index (χ1) is 10.3. The number of hydrogen-bond acceptors (Lipinski definition) is 3. The Hall–Kier alpha value is -1.88. The highest BCUT2D eigenvalue weighted by Gasteiger charge is 2.21. The van der Waals surface area contributed by atoms with Crippen LogP contribution in [-0.4, -0.2) is 0 Å². The second-order valence-corrected chi connectivity index (χ2v) is 7.87. The van der Waals surface area contributed by atoms with Gasteiger partial charge in [0.2, 0.25) is 5.70 Å². The molecule has 0 saturated carbocycles. The minimum Gasteiger partial charge on any atom is -0.235 e. The maximum atomic E-state index is 9.69. The number of hydrogen-bond donors (Lipinski definition) is 0. The van der Waals surface area contributed by atoms with Crippen LogP contribution in [0.25, 0.3) is 16.1 Å². The van der Waals surface area contributed by atoms with E-state index in [2.05, 4.69) is 38.6 Å². The summed E-state index contributed by atoms with van der Waals surface area (Å²) in [6.07, 6.45) is 0. The Morgan fingerprint density at radius 3 is 1.64 bits per heavy atom. The highest BCUT2D eigenvalue weighted by molar-refractivity contribution is 7.14. The molecule has 0 radical (unpaired) electrons. The summed E-state index contributed by atoms with van der Waals surface area (Å²) >= 11 is 3.22. The first kappa shape index (κ1) is 16.5. The quantitative estimate of drug-likeness (QED) is 0.493. The van der Waals surface area contributed by atoms with Gasteiger partial charge >= 0.3 is 0 Å². The van der Waals surface area contributed by atoms with Crippen LogP contribution in [-0.2, 0) is 0 Å². The predicted octanol–water partition coefficient (Wildman–Crippen LogP) is 5.97. The van der Waals surface area contributed by atoms with Gasteiger partial charge in [0.15, 0.2) is 0 Å². The summed E-state index contributed by atoms with van der Waals surface area (Å²) in [4.78, 5) is 8.01. The van der Waals surface area contributed by atoms with Crippen molar-refractivity contribution in [1.82, 2.24) is 0 Å². The summed E-state index contributed by atoms with van der Waals surface area (Å²) < 4.78 is 0. The van der Waals surface area contributed by atoms with Crippen LogP contribution in [0, 0.1) is 59.4 Å². The van der Waals surface area contributed by atoms with Gasteiger partial charge in [0.1, 0.15) is 0 Å². The molecule has 0 fully saturated rings. The van der Waals surface area contributed by atoms with Crippen molar-refractivity contribution in [1.29, 1.82) is 5.26 Å². The first-order valence-electron chi connectivity index (χ1n) is 6.99. The molecule has 2 nitrogen and oxygen atoms in total. The van der Waals surface area contributed by atoms with Crippen LogP contribution in [0.3, 0.4) is 0 Å². The Kier molecular flexibility index (Phi) is 4.56. The van der Waals surface area contributed by atoms with Gasteiger partial charge in [0, 0.05) is 19.5 Å². The van der Waals surface area contributed by atoms with Crippen molar-refractivity contribution in [2.24, 2.45) is 0 Å². The maximum absolute atomic E-state index is 9.69. The zero-order chi connectivity index (χ0) is 16.6. The molecular weight excluding hydrogens is 308 g/mol. The molecule has 4 heteroatoms. The van der Waals surface area contributed by atoms with Gasteiger partial charge in [-0.05, 0) is 63.8 Å². The van der Waals surface area contributed by atoms with Gasteiger partial charge in [-0.2, -0.15) is 16.6 Å². The minimum atomic E-state index is 0.491. The van der Waals surface area contributed by atoms with E-state index in [1.54, 1.807) is 22.7 Å². The van der Waals surface area contributed by atoms with E-state index in [9.17, 15) is 5.26 Å². The van der Waals surface area contributed by atoms with Crippen LogP contribution >= 0.6 is 22.7 Å². The summed E-state index contributed by atoms with van der Waals surface area (Å²) in [7, 11) is 0. The molecule has 22 heavy (non-hydrogen) atoms. The van der Waals surface area contributed by atoms with Gasteiger partial charge in [-0.25, -0.2) is 4.85 Å². The summed E-state index contributed by atoms with van der Waals surface area (Å²) in [5.74, 6) is 0. The monoisotopic (exact) mass is 326 g/mol. The van der Waals surface area contributed by atoms with Crippen molar-refractivity contribution in [3.05, 3.63) is 53.2 Å². The number of rotatable bonds is 2. The van der Waals surface area contributed by atoms with E-state index >= 15 is 0 Å². The molecule has 0 aliphatic carbocycles. The fourth-order valence-electron chi connectivity index (χ4n) is 2.38. The molecule has 2 rings (SSSR count). The fourth-order valence-corrected chi connectivity index (χ4v) is 4.70. The van der Waals surface area contributed by atoms with E-state index in [1.807, 2.05) is 13.8 Å². The molecular formula is C18H18N2S2. The smallest absolute Gasteiger partial charge is 0.223 e. The van der Waals surface area contributed by atoms with Crippen molar-refractivity contribution in [3.63, 3.8) is 0 Å². The maximum Gasteiger partial charge on any atom is 0.223 e. The highest BCUT2D eigenvalue weighted by atomic mass is 32.1. The Morgan fingerprint density at radius 2 is 1.32 bits per heavy atom. The second kappa shape index (κ2) is 6.08. The second-order valence-electron chi connectivity index (χ2n) is 5.42. The summed E-state index contributed by atoms with van der Waals surface area (Å²) in [5, 5.41) is 9.69. The molecule has 0 aromatic carbocycles. The third-order valence-corrected chi connectivity index (χ3v) is 6.92. The molecule has 0 N–H and O–H groups in total. The van der Waals surface area contributed by atoms with Crippen LogP contribution in [0.1, 0.15) is 41.8 Å². The zero-order valence-electron chi connectivity index (χ0n) is 13.7. The number of nitriles is 1. The fraction of sp³-hybridized carbons (Fsp3) is 0.333. The molecule has 0 unspecified atom stereocenters. The molecule has 0 atom stereocenters. The molecule has 2 aromatic heterocycles. The van der Waals surface area contributed by atoms with Crippen molar-refractivity contribution < 1.29 is 0 Å². The molecule has 112 valence electrons. The summed E-state index contributed by atoms with van der Waals surface area (Å²) in [6, 6.07) is 2.29. The topological polar surface area (TPSA) is 28.1 Å². The third kappa shape index (κ3) is 2.50. The Morgan fingerprint density at radius 1 is 0.864 bits per heavy atom. The van der Waals surface area contributed by atoms with E-state index in [4.69, 9.17) is 6.57 Å². The lowest BCUT2D eigenvalue weighted by Gasteiger charge is -2.03. The Balaban J connectivity index is 2.81. The highest BCUT2D eigenvalue weighted by Crippen LogP contribution is 2.40. The Bertz CT molecular complexity index is 792. The number of aryl methyl sites for hydroxylation is 2. The normalized spacial score (nSPS) is 11.8. The predicted molar refractivity (Wildman–Crippen MR) is 96.1 cm³/mol. The lowest BCUT2D eigenvalue weighted by Crippen LogP contribution is -1.88. The average Bonchev–Trinajstić information content (AvgIpc) is 2.90. The zero-order valence-corrected chi connectivity index (χ0v) is 15.3. The number of nitrogens with zero attached hydrogens (tertiary/aromatic N) is 2. The van der Waals surface area contributed by atoms with Crippen LogP contribution in [0.5, 0.6) is 0 Å². The van der Waals surface area contributed by atoms with Crippen molar-refractivity contribution in [3.8, 4) is 6.07 Å². The van der Waals surface area contributed by atoms with E-state index < -0.39 is 0 Å². The van der Waals surface area contributed by atoms with Crippen molar-refractivity contribution in [2.75, 3.05) is 0 Å². The molecule has 0 aliphatic heterocycles. The minimum absolute atomic E-state index is 0.491. The van der Waals surface area contributed by atoms with E-state index in [0.717, 1.165) is 20.9 Å². The molecule has 2 aromatic rings. The van der Waals surface area contributed by atoms with Gasteiger partial charge in [-0.1, -0.05) is 0 Å². The third-order valence-electron chi connectivity index (χ3n) is 4.28. The summed E-state index contributed by atoms with van der Waals surface area (Å²) in [5.41, 5.74) is 5.66. The molecule has 0 amide bonds. The molecule has 0 aliphatic rings. The van der Waals surface area contributed by atoms with Gasteiger partial charge in [-0.3, -0.25) is 0 Å². The van der Waals surface area contributed by atoms with E-state index in [0.29, 0.717) is 11.3 Å². The molecule has 0 saturated heterocycles. The van der Waals surface area contributed by atoms with E-state index in [1.165, 1.54) is 20.9 Å². The van der Waals surface area contributed by atoms with Crippen LogP contribution < -0.4 is 0 Å².